The number of carboxylic acid groups (broad SMARTS) is 1. The van der Waals surface area contributed by atoms with Gasteiger partial charge in [0.2, 0.25) is 5.91 Å². The fourth-order valence-electron chi connectivity index (χ4n) is 2.40. The van der Waals surface area contributed by atoms with Gasteiger partial charge in [-0.3, -0.25) is 14.4 Å². The molecule has 1 rings (SSSR count). The fourth-order valence-corrected chi connectivity index (χ4v) is 2.53. The number of hydrogen-bond acceptors (Lipinski definition) is 5. The van der Waals surface area contributed by atoms with E-state index in [0.717, 1.165) is 0 Å². The summed E-state index contributed by atoms with van der Waals surface area (Å²) in [6.45, 7) is 2.15. The van der Waals surface area contributed by atoms with E-state index in [-0.39, 0.29) is 18.9 Å². The molecule has 0 aliphatic carbocycles. The van der Waals surface area contributed by atoms with Crippen LogP contribution < -0.4 is 10.6 Å². The van der Waals surface area contributed by atoms with E-state index in [2.05, 4.69) is 10.6 Å². The number of carbonyl (C=O) groups is 4. The number of alkyl carbamates (subject to hydrolysis) is 1. The third kappa shape index (κ3) is 9.38. The van der Waals surface area contributed by atoms with Crippen LogP contribution in [0.3, 0.4) is 0 Å². The first kappa shape index (κ1) is 24.4. The molecule has 160 valence electrons. The maximum atomic E-state index is 12.7. The topological polar surface area (TPSA) is 122 Å². The molecule has 29 heavy (non-hydrogen) atoms. The number of hydrogen-bond donors (Lipinski definition) is 3. The monoisotopic (exact) mass is 430 g/mol. The lowest BCUT2D eigenvalue weighted by Crippen LogP contribution is -2.52. The second-order valence-electron chi connectivity index (χ2n) is 6.79. The summed E-state index contributed by atoms with van der Waals surface area (Å²) in [4.78, 5) is 47.0. The summed E-state index contributed by atoms with van der Waals surface area (Å²) in [5.41, 5.74) is 0.685. The number of carbonyl (C=O) groups excluding carboxylic acids is 3. The van der Waals surface area contributed by atoms with Crippen LogP contribution in [-0.2, 0) is 25.7 Å². The van der Waals surface area contributed by atoms with Crippen molar-refractivity contribution in [2.24, 2.45) is 5.92 Å². The average molecular weight is 431 g/mol. The Morgan fingerprint density at radius 3 is 2.24 bits per heavy atom. The Hall–Kier alpha value is -2.68. The Balaban J connectivity index is 2.74. The van der Waals surface area contributed by atoms with Gasteiger partial charge in [-0.15, -0.1) is 0 Å². The van der Waals surface area contributed by atoms with Crippen molar-refractivity contribution in [3.8, 4) is 0 Å². The number of aliphatic carboxylic acids is 1. The Labute approximate surface area is 172 Å². The molecule has 0 saturated heterocycles. The van der Waals surface area contributed by atoms with Crippen molar-refractivity contribution < 1.29 is 33.4 Å². The van der Waals surface area contributed by atoms with E-state index in [1.807, 2.05) is 13.8 Å². The van der Waals surface area contributed by atoms with Gasteiger partial charge in [0.05, 0.1) is 6.42 Å². The molecule has 10 heteroatoms. The lowest BCUT2D eigenvalue weighted by atomic mass is 10.0. The molecule has 0 aliphatic heterocycles. The summed E-state index contributed by atoms with van der Waals surface area (Å²) in [5.74, 6) is -3.24. The number of ether oxygens (including phenoxy) is 1. The van der Waals surface area contributed by atoms with Crippen LogP contribution in [0.2, 0.25) is 5.02 Å². The Bertz CT molecular complexity index is 726. The summed E-state index contributed by atoms with van der Waals surface area (Å²) < 4.78 is 17.7. The number of nitrogens with one attached hydrogen (secondary N) is 2. The number of carboxylic acids is 1. The minimum absolute atomic E-state index is 0.0166. The molecule has 0 saturated carbocycles. The molecule has 8 nitrogen and oxygen atoms in total. The van der Waals surface area contributed by atoms with E-state index in [9.17, 15) is 23.6 Å². The second-order valence-corrected chi connectivity index (χ2v) is 7.22. The largest absolute Gasteiger partial charge is 0.481 e. The lowest BCUT2D eigenvalue weighted by molar-refractivity contribution is -0.140. The second kappa shape index (κ2) is 12.0. The van der Waals surface area contributed by atoms with Crippen molar-refractivity contribution in [2.75, 3.05) is 6.67 Å². The van der Waals surface area contributed by atoms with Gasteiger partial charge < -0.3 is 20.5 Å². The number of ketones is 1. The Kier molecular flexibility index (Phi) is 10.1. The van der Waals surface area contributed by atoms with Crippen LogP contribution in [0.4, 0.5) is 9.18 Å². The van der Waals surface area contributed by atoms with E-state index >= 15 is 0 Å². The SMILES string of the molecule is CC(C)C[C@H](NC(=O)OCc1ccc(Cl)cc1)C(=O)NC(CC(=O)O)C(=O)CF. The number of halogens is 2. The van der Waals surface area contributed by atoms with Crippen LogP contribution in [0, 0.1) is 5.92 Å². The van der Waals surface area contributed by atoms with Crippen molar-refractivity contribution >= 4 is 35.4 Å². The highest BCUT2D eigenvalue weighted by atomic mass is 35.5. The van der Waals surface area contributed by atoms with Crippen molar-refractivity contribution in [3.05, 3.63) is 34.9 Å². The molecule has 0 fully saturated rings. The average Bonchev–Trinajstić information content (AvgIpc) is 2.65. The van der Waals surface area contributed by atoms with Gasteiger partial charge in [-0.25, -0.2) is 9.18 Å². The molecule has 0 aromatic heterocycles. The van der Waals surface area contributed by atoms with Gasteiger partial charge in [-0.2, -0.15) is 0 Å². The third-order valence-corrected chi connectivity index (χ3v) is 4.07. The number of amides is 2. The van der Waals surface area contributed by atoms with E-state index in [0.29, 0.717) is 10.6 Å². The lowest BCUT2D eigenvalue weighted by Gasteiger charge is -2.22. The van der Waals surface area contributed by atoms with Crippen LogP contribution in [-0.4, -0.2) is 47.6 Å². The summed E-state index contributed by atoms with van der Waals surface area (Å²) >= 11 is 5.78. The van der Waals surface area contributed by atoms with E-state index < -0.39 is 48.9 Å². The summed E-state index contributed by atoms with van der Waals surface area (Å²) in [6, 6.07) is 4.01. The van der Waals surface area contributed by atoms with Gasteiger partial charge in [-0.05, 0) is 30.0 Å². The first-order chi connectivity index (χ1) is 13.6. The summed E-state index contributed by atoms with van der Waals surface area (Å²) in [7, 11) is 0. The molecule has 1 aromatic carbocycles. The maximum absolute atomic E-state index is 12.7. The van der Waals surface area contributed by atoms with E-state index in [1.54, 1.807) is 24.3 Å². The number of rotatable bonds is 11. The molecule has 0 bridgehead atoms. The fraction of sp³-hybridized carbons (Fsp3) is 0.474. The smallest absolute Gasteiger partial charge is 0.408 e. The highest BCUT2D eigenvalue weighted by molar-refractivity contribution is 6.30. The van der Waals surface area contributed by atoms with E-state index in [4.69, 9.17) is 21.4 Å². The first-order valence-corrected chi connectivity index (χ1v) is 9.28. The molecule has 3 N–H and O–H groups in total. The van der Waals surface area contributed by atoms with Gasteiger partial charge in [-0.1, -0.05) is 37.6 Å². The highest BCUT2D eigenvalue weighted by Crippen LogP contribution is 2.11. The highest BCUT2D eigenvalue weighted by Gasteiger charge is 2.29. The standard InChI is InChI=1S/C19H24ClFN2O6/c1-11(2)7-15(18(27)22-14(8-17(25)26)16(24)9-21)23-19(28)29-10-12-3-5-13(20)6-4-12/h3-6,11,14-15H,7-10H2,1-2H3,(H,22,27)(H,23,28)(H,25,26)/t14?,15-/m0/s1. The number of alkyl halides is 1. The molecule has 2 amide bonds. The van der Waals surface area contributed by atoms with Crippen molar-refractivity contribution in [2.45, 2.75) is 45.4 Å². The molecule has 0 heterocycles. The van der Waals surface area contributed by atoms with Crippen molar-refractivity contribution in [1.29, 1.82) is 0 Å². The molecular formula is C19H24ClFN2O6. The number of Topliss-reactive ketones (excluding diaryl/α,β-unsaturated/α-hetero) is 1. The van der Waals surface area contributed by atoms with Crippen LogP contribution in [0.15, 0.2) is 24.3 Å². The number of benzene rings is 1. The minimum Gasteiger partial charge on any atom is -0.481 e. The van der Waals surface area contributed by atoms with Crippen molar-refractivity contribution in [3.63, 3.8) is 0 Å². The quantitative estimate of drug-likeness (QED) is 0.495. The van der Waals surface area contributed by atoms with Crippen LogP contribution in [0.25, 0.3) is 0 Å². The summed E-state index contributed by atoms with van der Waals surface area (Å²) in [6.07, 6.45) is -1.43. The van der Waals surface area contributed by atoms with Crippen LogP contribution in [0.5, 0.6) is 0 Å². The van der Waals surface area contributed by atoms with Gasteiger partial charge in [0.15, 0.2) is 5.78 Å². The zero-order valence-corrected chi connectivity index (χ0v) is 16.9. The molecule has 0 radical (unpaired) electrons. The normalized spacial score (nSPS) is 12.7. The van der Waals surface area contributed by atoms with Crippen LogP contribution in [0.1, 0.15) is 32.3 Å². The van der Waals surface area contributed by atoms with E-state index in [1.165, 1.54) is 0 Å². The molecule has 2 atom stereocenters. The molecule has 1 unspecified atom stereocenters. The molecule has 0 spiro atoms. The van der Waals surface area contributed by atoms with Gasteiger partial charge in [0, 0.05) is 5.02 Å². The van der Waals surface area contributed by atoms with Crippen molar-refractivity contribution in [1.82, 2.24) is 10.6 Å². The predicted molar refractivity (Wildman–Crippen MR) is 103 cm³/mol. The van der Waals surface area contributed by atoms with Gasteiger partial charge in [0.25, 0.3) is 0 Å². The third-order valence-electron chi connectivity index (χ3n) is 3.81. The zero-order valence-electron chi connectivity index (χ0n) is 16.1. The predicted octanol–water partition coefficient (Wildman–Crippen LogP) is 2.48. The zero-order chi connectivity index (χ0) is 22.0. The van der Waals surface area contributed by atoms with Crippen LogP contribution >= 0.6 is 11.6 Å². The molecular weight excluding hydrogens is 407 g/mol. The first-order valence-electron chi connectivity index (χ1n) is 8.91. The Morgan fingerprint density at radius 1 is 1.10 bits per heavy atom. The van der Waals surface area contributed by atoms with Gasteiger partial charge >= 0.3 is 12.1 Å². The van der Waals surface area contributed by atoms with Gasteiger partial charge in [0.1, 0.15) is 25.4 Å². The molecule has 0 aliphatic rings. The summed E-state index contributed by atoms with van der Waals surface area (Å²) in [5, 5.41) is 14.0. The molecule has 1 aromatic rings. The minimum atomic E-state index is -1.52. The Morgan fingerprint density at radius 2 is 1.72 bits per heavy atom. The maximum Gasteiger partial charge on any atom is 0.408 e.